The van der Waals surface area contributed by atoms with Gasteiger partial charge in [0.15, 0.2) is 11.6 Å². The molecule has 3 aromatic carbocycles. The summed E-state index contributed by atoms with van der Waals surface area (Å²) >= 11 is 1.46. The molecule has 1 aromatic heterocycles. The lowest BCUT2D eigenvalue weighted by molar-refractivity contribution is 0.0980. The molecule has 5 rings (SSSR count). The third-order valence-electron chi connectivity index (χ3n) is 5.81. The fourth-order valence-corrected chi connectivity index (χ4v) is 5.04. The number of benzene rings is 3. The van der Waals surface area contributed by atoms with Crippen molar-refractivity contribution in [2.75, 3.05) is 11.9 Å². The first-order valence-corrected chi connectivity index (χ1v) is 12.0. The van der Waals surface area contributed by atoms with Crippen LogP contribution in [0.4, 0.5) is 10.5 Å². The molecule has 1 heterocycles. The largest absolute Gasteiger partial charge is 0.449 e. The molecule has 0 atom stereocenters. The van der Waals surface area contributed by atoms with Gasteiger partial charge in [-0.3, -0.25) is 14.9 Å². The molecule has 0 radical (unpaired) electrons. The van der Waals surface area contributed by atoms with Crippen LogP contribution < -0.4 is 5.32 Å². The van der Waals surface area contributed by atoms with Gasteiger partial charge in [-0.15, -0.1) is 11.3 Å². The van der Waals surface area contributed by atoms with Crippen molar-refractivity contribution in [2.24, 2.45) is 0 Å². The van der Waals surface area contributed by atoms with E-state index in [2.05, 4.69) is 12.2 Å². The number of nitrogens with zero attached hydrogens (tertiary/aromatic N) is 1. The highest BCUT2D eigenvalue weighted by Crippen LogP contribution is 2.37. The number of fused-ring (bicyclic) bond motifs is 4. The van der Waals surface area contributed by atoms with Crippen LogP contribution in [0, 0.1) is 0 Å². The number of hydrogen-bond donors (Lipinski definition) is 1. The molecule has 0 unspecified atom stereocenters. The van der Waals surface area contributed by atoms with Crippen molar-refractivity contribution in [2.45, 2.75) is 26.2 Å². The Labute approximate surface area is 200 Å². The van der Waals surface area contributed by atoms with Crippen molar-refractivity contribution in [3.05, 3.63) is 82.9 Å². The van der Waals surface area contributed by atoms with Crippen LogP contribution in [0.5, 0.6) is 0 Å². The zero-order chi connectivity index (χ0) is 23.7. The fourth-order valence-electron chi connectivity index (χ4n) is 4.06. The first kappa shape index (κ1) is 22.0. The molecule has 1 amide bonds. The van der Waals surface area contributed by atoms with E-state index in [9.17, 15) is 14.4 Å². The Morgan fingerprint density at radius 1 is 0.912 bits per heavy atom. The molecular formula is C27H22N2O4S. The second-order valence-electron chi connectivity index (χ2n) is 8.10. The van der Waals surface area contributed by atoms with E-state index in [0.29, 0.717) is 40.1 Å². The van der Waals surface area contributed by atoms with Crippen molar-refractivity contribution in [1.82, 2.24) is 4.98 Å². The minimum atomic E-state index is -0.473. The quantitative estimate of drug-likeness (QED) is 0.287. The minimum absolute atomic E-state index is 0.154. The van der Waals surface area contributed by atoms with E-state index >= 15 is 0 Å². The van der Waals surface area contributed by atoms with Gasteiger partial charge in [-0.05, 0) is 42.8 Å². The van der Waals surface area contributed by atoms with Gasteiger partial charge in [0.2, 0.25) is 0 Å². The van der Waals surface area contributed by atoms with Crippen LogP contribution in [0.25, 0.3) is 20.8 Å². The number of unbranched alkanes of at least 4 members (excludes halogenated alkanes) is 2. The highest BCUT2D eigenvalue weighted by molar-refractivity contribution is 7.21. The molecule has 0 aliphatic heterocycles. The van der Waals surface area contributed by atoms with E-state index < -0.39 is 6.09 Å². The van der Waals surface area contributed by atoms with E-state index in [1.54, 1.807) is 42.5 Å². The minimum Gasteiger partial charge on any atom is -0.449 e. The first-order valence-electron chi connectivity index (χ1n) is 11.2. The number of ether oxygens (including phenoxy) is 1. The molecule has 1 N–H and O–H groups in total. The number of amides is 1. The van der Waals surface area contributed by atoms with E-state index in [0.717, 1.165) is 34.5 Å². The maximum Gasteiger partial charge on any atom is 0.411 e. The molecule has 0 fully saturated rings. The number of rotatable bonds is 6. The number of ketones is 2. The van der Waals surface area contributed by atoms with Gasteiger partial charge in [-0.2, -0.15) is 0 Å². The van der Waals surface area contributed by atoms with E-state index in [1.165, 1.54) is 11.3 Å². The van der Waals surface area contributed by atoms with Gasteiger partial charge in [0.1, 0.15) is 5.01 Å². The molecule has 6 nitrogen and oxygen atoms in total. The summed E-state index contributed by atoms with van der Waals surface area (Å²) in [5, 5.41) is 3.46. The Morgan fingerprint density at radius 3 is 2.38 bits per heavy atom. The Kier molecular flexibility index (Phi) is 5.94. The van der Waals surface area contributed by atoms with Gasteiger partial charge in [-0.25, -0.2) is 9.78 Å². The van der Waals surface area contributed by atoms with Gasteiger partial charge in [0, 0.05) is 27.9 Å². The maximum absolute atomic E-state index is 13.2. The zero-order valence-electron chi connectivity index (χ0n) is 18.6. The molecular weight excluding hydrogens is 448 g/mol. The van der Waals surface area contributed by atoms with Gasteiger partial charge in [-0.1, -0.05) is 44.0 Å². The SMILES string of the molecule is CCCCCOC(=O)Nc1ccc(-c2nc3c4c(ccc3s2)C(=O)c2ccccc2C4=O)cc1. The second-order valence-corrected chi connectivity index (χ2v) is 9.13. The normalized spacial score (nSPS) is 12.4. The lowest BCUT2D eigenvalue weighted by Gasteiger charge is -2.17. The van der Waals surface area contributed by atoms with E-state index in [4.69, 9.17) is 9.72 Å². The summed E-state index contributed by atoms with van der Waals surface area (Å²) < 4.78 is 6.02. The number of carbonyl (C=O) groups excluding carboxylic acids is 3. The average Bonchev–Trinajstić information content (AvgIpc) is 3.30. The van der Waals surface area contributed by atoms with Crippen molar-refractivity contribution in [1.29, 1.82) is 0 Å². The van der Waals surface area contributed by atoms with Crippen LogP contribution in [-0.4, -0.2) is 29.3 Å². The summed E-state index contributed by atoms with van der Waals surface area (Å²) in [7, 11) is 0. The first-order chi connectivity index (χ1) is 16.6. The number of hydrogen-bond acceptors (Lipinski definition) is 6. The van der Waals surface area contributed by atoms with Crippen molar-refractivity contribution in [3.63, 3.8) is 0 Å². The second kappa shape index (κ2) is 9.19. The Balaban J connectivity index is 1.40. The fraction of sp³-hybridized carbons (Fsp3) is 0.185. The predicted molar refractivity (Wildman–Crippen MR) is 133 cm³/mol. The van der Waals surface area contributed by atoms with Crippen LogP contribution in [0.15, 0.2) is 60.7 Å². The Bertz CT molecular complexity index is 1420. The van der Waals surface area contributed by atoms with Gasteiger partial charge < -0.3 is 4.74 Å². The Hall–Kier alpha value is -3.84. The van der Waals surface area contributed by atoms with Crippen molar-refractivity contribution < 1.29 is 19.1 Å². The molecule has 34 heavy (non-hydrogen) atoms. The maximum atomic E-state index is 13.2. The molecule has 4 aromatic rings. The monoisotopic (exact) mass is 470 g/mol. The summed E-state index contributed by atoms with van der Waals surface area (Å²) in [6.07, 6.45) is 2.47. The molecule has 1 aliphatic carbocycles. The van der Waals surface area contributed by atoms with Gasteiger partial charge in [0.25, 0.3) is 0 Å². The van der Waals surface area contributed by atoms with Crippen molar-refractivity contribution >= 4 is 44.9 Å². The molecule has 0 spiro atoms. The standard InChI is InChI=1S/C27H22N2O4S/c1-2-3-6-15-33-27(32)28-17-11-9-16(10-12-17)26-29-23-21(34-26)14-13-20-22(23)25(31)19-8-5-4-7-18(19)24(20)30/h4-5,7-14H,2-3,6,15H2,1H3,(H,28,32). The summed E-state index contributed by atoms with van der Waals surface area (Å²) in [5.41, 5.74) is 3.63. The summed E-state index contributed by atoms with van der Waals surface area (Å²) in [5.74, 6) is -0.330. The number of thiazole rings is 1. The topological polar surface area (TPSA) is 85.4 Å². The summed E-state index contributed by atoms with van der Waals surface area (Å²) in [4.78, 5) is 42.9. The zero-order valence-corrected chi connectivity index (χ0v) is 19.4. The van der Waals surface area contributed by atoms with Crippen LogP contribution in [0.2, 0.25) is 0 Å². The van der Waals surface area contributed by atoms with Crippen LogP contribution in [0.3, 0.4) is 0 Å². The van der Waals surface area contributed by atoms with E-state index in [1.807, 2.05) is 18.2 Å². The third-order valence-corrected chi connectivity index (χ3v) is 6.88. The molecule has 7 heteroatoms. The lowest BCUT2D eigenvalue weighted by atomic mass is 9.83. The third kappa shape index (κ3) is 3.99. The lowest BCUT2D eigenvalue weighted by Crippen LogP contribution is -2.21. The average molecular weight is 471 g/mol. The number of nitrogens with one attached hydrogen (secondary N) is 1. The number of carbonyl (C=O) groups is 3. The number of aromatic nitrogens is 1. The highest BCUT2D eigenvalue weighted by Gasteiger charge is 2.32. The van der Waals surface area contributed by atoms with Gasteiger partial charge in [0.05, 0.1) is 22.4 Å². The predicted octanol–water partition coefficient (Wildman–Crippen LogP) is 6.48. The Morgan fingerprint density at radius 2 is 1.65 bits per heavy atom. The van der Waals surface area contributed by atoms with Gasteiger partial charge >= 0.3 is 6.09 Å². The molecule has 0 saturated carbocycles. The summed E-state index contributed by atoms with van der Waals surface area (Å²) in [6, 6.07) is 17.8. The molecule has 170 valence electrons. The van der Waals surface area contributed by atoms with E-state index in [-0.39, 0.29) is 11.6 Å². The smallest absolute Gasteiger partial charge is 0.411 e. The van der Waals surface area contributed by atoms with Crippen LogP contribution in [-0.2, 0) is 4.74 Å². The molecule has 0 saturated heterocycles. The molecule has 1 aliphatic rings. The van der Waals surface area contributed by atoms with Crippen molar-refractivity contribution in [3.8, 4) is 10.6 Å². The summed E-state index contributed by atoms with van der Waals surface area (Å²) in [6.45, 7) is 2.50. The number of anilines is 1. The molecule has 0 bridgehead atoms. The van der Waals surface area contributed by atoms with Crippen LogP contribution in [0.1, 0.15) is 58.0 Å². The van der Waals surface area contributed by atoms with Crippen LogP contribution >= 0.6 is 11.3 Å². The highest BCUT2D eigenvalue weighted by atomic mass is 32.1.